The van der Waals surface area contributed by atoms with Gasteiger partial charge in [-0.1, -0.05) is 0 Å². The fraction of sp³-hybridized carbons (Fsp3) is 0.565. The Kier molecular flexibility index (Phi) is 5.85. The lowest BCUT2D eigenvalue weighted by Crippen LogP contribution is -2.68. The van der Waals surface area contributed by atoms with Crippen molar-refractivity contribution in [1.82, 2.24) is 29.9 Å². The van der Waals surface area contributed by atoms with Crippen LogP contribution in [-0.2, 0) is 16.1 Å². The Bertz CT molecular complexity index is 1340. The molecule has 3 N–H and O–H groups in total. The second-order valence-corrected chi connectivity index (χ2v) is 10.1. The molecule has 4 aliphatic carbocycles. The van der Waals surface area contributed by atoms with Crippen LogP contribution in [-0.4, -0.2) is 61.9 Å². The molecule has 1 amide bonds. The highest BCUT2D eigenvalue weighted by Gasteiger charge is 2.58. The van der Waals surface area contributed by atoms with Crippen LogP contribution in [0.3, 0.4) is 0 Å². The SMILES string of the molecule is COc1cc2nc(COC(F)(F)F)cn2c(Nc2cc([C@@H]3CC[C@H](OC(=O)NC45CC(C4)C5)[C@H]3F)[nH]n2)n1. The third-order valence-electron chi connectivity index (χ3n) is 7.48. The molecule has 0 radical (unpaired) electrons. The largest absolute Gasteiger partial charge is 0.522 e. The summed E-state index contributed by atoms with van der Waals surface area (Å²) in [7, 11) is 1.39. The van der Waals surface area contributed by atoms with Crippen molar-refractivity contribution >= 4 is 23.5 Å². The number of H-pyrrole nitrogens is 1. The van der Waals surface area contributed by atoms with E-state index in [1.165, 1.54) is 23.8 Å². The summed E-state index contributed by atoms with van der Waals surface area (Å²) in [6.45, 7) is -0.776. The predicted molar refractivity (Wildman–Crippen MR) is 123 cm³/mol. The summed E-state index contributed by atoms with van der Waals surface area (Å²) < 4.78 is 68.4. The number of alkyl carbamates (subject to hydrolysis) is 1. The van der Waals surface area contributed by atoms with E-state index in [2.05, 4.69) is 35.5 Å². The van der Waals surface area contributed by atoms with Crippen LogP contribution in [0.4, 0.5) is 34.1 Å². The molecule has 4 aliphatic rings. The standard InChI is InChI=1S/C23H25F4N7O4/c1-36-18-5-17-28-12(10-37-23(25,26)27)9-34(17)20(30-18)29-16-4-14(32-33-16)13-2-3-15(19(13)24)38-21(35)31-22-6-11(7-22)8-22/h4-5,9,11,13,15,19H,2-3,6-8,10H2,1H3,(H,31,35)(H2,29,30,32,33)/t11?,13-,15-,19-,22?/m0/s1. The van der Waals surface area contributed by atoms with E-state index >= 15 is 4.39 Å². The Morgan fingerprint density at radius 2 is 2.03 bits per heavy atom. The van der Waals surface area contributed by atoms with Gasteiger partial charge in [0.2, 0.25) is 11.8 Å². The summed E-state index contributed by atoms with van der Waals surface area (Å²) in [6.07, 6.45) is -2.54. The summed E-state index contributed by atoms with van der Waals surface area (Å²) in [5.41, 5.74) is 0.664. The average molecular weight is 539 g/mol. The lowest BCUT2D eigenvalue weighted by Gasteiger charge is -2.61. The highest BCUT2D eigenvalue weighted by Crippen LogP contribution is 2.57. The van der Waals surface area contributed by atoms with Crippen molar-refractivity contribution < 1.29 is 36.6 Å². The average Bonchev–Trinajstić information content (AvgIpc) is 3.53. The number of fused-ring (bicyclic) bond motifs is 1. The van der Waals surface area contributed by atoms with Gasteiger partial charge < -0.3 is 20.1 Å². The Labute approximate surface area is 213 Å². The van der Waals surface area contributed by atoms with Gasteiger partial charge in [-0.15, -0.1) is 13.2 Å². The summed E-state index contributed by atoms with van der Waals surface area (Å²) in [6, 6.07) is 3.06. The van der Waals surface area contributed by atoms with Crippen molar-refractivity contribution in [3.63, 3.8) is 0 Å². The van der Waals surface area contributed by atoms with E-state index in [0.29, 0.717) is 30.3 Å². The van der Waals surface area contributed by atoms with Gasteiger partial charge in [0.1, 0.15) is 17.9 Å². The Morgan fingerprint density at radius 3 is 2.71 bits per heavy atom. The highest BCUT2D eigenvalue weighted by atomic mass is 19.4. The zero-order chi connectivity index (χ0) is 26.7. The number of alkyl halides is 4. The first kappa shape index (κ1) is 24.7. The molecule has 11 nitrogen and oxygen atoms in total. The van der Waals surface area contributed by atoms with E-state index in [4.69, 9.17) is 9.47 Å². The number of rotatable bonds is 8. The van der Waals surface area contributed by atoms with Gasteiger partial charge in [0.25, 0.3) is 0 Å². The molecule has 4 saturated carbocycles. The molecule has 0 aliphatic heterocycles. The number of anilines is 2. The number of nitrogens with zero attached hydrogens (tertiary/aromatic N) is 4. The van der Waals surface area contributed by atoms with Crippen LogP contribution < -0.4 is 15.4 Å². The number of nitrogens with one attached hydrogen (secondary N) is 3. The van der Waals surface area contributed by atoms with Crippen molar-refractivity contribution in [2.75, 3.05) is 12.4 Å². The molecule has 3 atom stereocenters. The molecule has 4 fully saturated rings. The van der Waals surface area contributed by atoms with Gasteiger partial charge in [-0.25, -0.2) is 14.2 Å². The van der Waals surface area contributed by atoms with Crippen molar-refractivity contribution in [2.45, 2.75) is 68.8 Å². The van der Waals surface area contributed by atoms with E-state index in [-0.39, 0.29) is 28.7 Å². The van der Waals surface area contributed by atoms with Crippen LogP contribution in [0.25, 0.3) is 5.65 Å². The summed E-state index contributed by atoms with van der Waals surface area (Å²) in [4.78, 5) is 20.7. The normalized spacial score (nSPS) is 28.0. The number of aromatic amines is 1. The van der Waals surface area contributed by atoms with Crippen LogP contribution in [0.2, 0.25) is 0 Å². The van der Waals surface area contributed by atoms with Crippen molar-refractivity contribution in [2.24, 2.45) is 5.92 Å². The van der Waals surface area contributed by atoms with Crippen LogP contribution >= 0.6 is 0 Å². The molecule has 2 bridgehead atoms. The van der Waals surface area contributed by atoms with Gasteiger partial charge in [0.05, 0.1) is 19.4 Å². The molecule has 0 aromatic carbocycles. The minimum Gasteiger partial charge on any atom is -0.481 e. The number of hydrogen-bond acceptors (Lipinski definition) is 8. The maximum Gasteiger partial charge on any atom is 0.522 e. The van der Waals surface area contributed by atoms with Crippen LogP contribution in [0.15, 0.2) is 18.3 Å². The first-order valence-electron chi connectivity index (χ1n) is 12.2. The third-order valence-corrected chi connectivity index (χ3v) is 7.48. The number of carbonyl (C=O) groups excluding carboxylic acids is 1. The second-order valence-electron chi connectivity index (χ2n) is 10.1. The Morgan fingerprint density at radius 1 is 1.24 bits per heavy atom. The lowest BCUT2D eigenvalue weighted by molar-refractivity contribution is -0.330. The summed E-state index contributed by atoms with van der Waals surface area (Å²) in [5, 5.41) is 12.8. The Hall–Kier alpha value is -3.62. The van der Waals surface area contributed by atoms with Crippen molar-refractivity contribution in [1.29, 1.82) is 0 Å². The maximum absolute atomic E-state index is 15.2. The highest BCUT2D eigenvalue weighted by molar-refractivity contribution is 5.69. The number of ether oxygens (including phenoxy) is 3. The topological polar surface area (TPSA) is 128 Å². The van der Waals surface area contributed by atoms with Gasteiger partial charge >= 0.3 is 12.5 Å². The van der Waals surface area contributed by atoms with Crippen molar-refractivity contribution in [3.8, 4) is 5.88 Å². The smallest absolute Gasteiger partial charge is 0.481 e. The monoisotopic (exact) mass is 539 g/mol. The maximum atomic E-state index is 15.2. The molecule has 15 heteroatoms. The van der Waals surface area contributed by atoms with Crippen LogP contribution in [0.1, 0.15) is 49.4 Å². The van der Waals surface area contributed by atoms with Gasteiger partial charge in [-0.2, -0.15) is 10.1 Å². The zero-order valence-electron chi connectivity index (χ0n) is 20.2. The molecule has 7 rings (SSSR count). The first-order chi connectivity index (χ1) is 18.1. The first-order valence-corrected chi connectivity index (χ1v) is 12.2. The second kappa shape index (κ2) is 8.99. The quantitative estimate of drug-likeness (QED) is 0.365. The molecule has 38 heavy (non-hydrogen) atoms. The van der Waals surface area contributed by atoms with Gasteiger partial charge in [0, 0.05) is 35.5 Å². The number of imidazole rings is 1. The number of aromatic nitrogens is 5. The zero-order valence-corrected chi connectivity index (χ0v) is 20.2. The van der Waals surface area contributed by atoms with Crippen LogP contribution in [0.5, 0.6) is 5.88 Å². The van der Waals surface area contributed by atoms with Crippen LogP contribution in [0, 0.1) is 5.92 Å². The molecule has 3 aromatic rings. The fourth-order valence-corrected chi connectivity index (χ4v) is 5.53. The number of methoxy groups -OCH3 is 1. The molecule has 204 valence electrons. The van der Waals surface area contributed by atoms with Gasteiger partial charge in [-0.05, 0) is 38.0 Å². The van der Waals surface area contributed by atoms with E-state index in [1.54, 1.807) is 6.07 Å². The Balaban J connectivity index is 1.13. The molecule has 0 spiro atoms. The number of hydrogen-bond donors (Lipinski definition) is 3. The minimum atomic E-state index is -4.79. The molecule has 3 aromatic heterocycles. The van der Waals surface area contributed by atoms with Crippen molar-refractivity contribution in [3.05, 3.63) is 29.7 Å². The lowest BCUT2D eigenvalue weighted by atomic mass is 9.50. The minimum absolute atomic E-state index is 0.0264. The molecule has 3 heterocycles. The predicted octanol–water partition coefficient (Wildman–Crippen LogP) is 4.10. The molecular weight excluding hydrogens is 514 g/mol. The third kappa shape index (κ3) is 4.70. The van der Waals surface area contributed by atoms with E-state index < -0.39 is 37.3 Å². The van der Waals surface area contributed by atoms with Gasteiger partial charge in [0.15, 0.2) is 5.82 Å². The summed E-state index contributed by atoms with van der Waals surface area (Å²) >= 11 is 0. The molecular formula is C23H25F4N7O4. The molecule has 0 saturated heterocycles. The fourth-order valence-electron chi connectivity index (χ4n) is 5.53. The van der Waals surface area contributed by atoms with Gasteiger partial charge in [-0.3, -0.25) is 14.2 Å². The number of carbonyl (C=O) groups is 1. The van der Waals surface area contributed by atoms with E-state index in [1.807, 2.05) is 0 Å². The number of amides is 1. The van der Waals surface area contributed by atoms with E-state index in [9.17, 15) is 18.0 Å². The van der Waals surface area contributed by atoms with E-state index in [0.717, 1.165) is 19.3 Å². The summed E-state index contributed by atoms with van der Waals surface area (Å²) in [5.74, 6) is 0.773. The molecule has 0 unspecified atom stereocenters. The number of halogens is 4.